The van der Waals surface area contributed by atoms with Crippen LogP contribution in [0.25, 0.3) is 5.78 Å². The van der Waals surface area contributed by atoms with Crippen LogP contribution in [-0.2, 0) is 11.2 Å². The second-order valence-electron chi connectivity index (χ2n) is 7.08. The van der Waals surface area contributed by atoms with Crippen LogP contribution in [0.2, 0.25) is 0 Å². The van der Waals surface area contributed by atoms with Crippen LogP contribution >= 0.6 is 0 Å². The Bertz CT molecular complexity index is 923. The summed E-state index contributed by atoms with van der Waals surface area (Å²) in [6.45, 7) is 1.85. The minimum atomic E-state index is -0.126. The van der Waals surface area contributed by atoms with Gasteiger partial charge in [-0.1, -0.05) is 30.3 Å². The first kappa shape index (κ1) is 18.2. The maximum Gasteiger partial charge on any atom is 0.274 e. The fourth-order valence-electron chi connectivity index (χ4n) is 3.73. The van der Waals surface area contributed by atoms with E-state index in [4.69, 9.17) is 0 Å². The van der Waals surface area contributed by atoms with Crippen LogP contribution in [0.15, 0.2) is 55.0 Å². The molecule has 2 aromatic heterocycles. The monoisotopic (exact) mass is 377 g/mol. The lowest BCUT2D eigenvalue weighted by Crippen LogP contribution is -2.43. The first-order chi connectivity index (χ1) is 13.7. The number of amides is 2. The summed E-state index contributed by atoms with van der Waals surface area (Å²) in [5.74, 6) is 0.378. The van der Waals surface area contributed by atoms with Gasteiger partial charge in [0.2, 0.25) is 12.2 Å². The lowest BCUT2D eigenvalue weighted by atomic mass is 10.1. The molecule has 144 valence electrons. The largest absolute Gasteiger partial charge is 0.340 e. The van der Waals surface area contributed by atoms with Crippen molar-refractivity contribution >= 4 is 18.1 Å². The van der Waals surface area contributed by atoms with E-state index in [0.717, 1.165) is 32.2 Å². The number of rotatable bonds is 7. The van der Waals surface area contributed by atoms with Gasteiger partial charge in [0.25, 0.3) is 5.91 Å². The number of hydrogen-bond acceptors (Lipinski definition) is 4. The lowest BCUT2D eigenvalue weighted by Gasteiger charge is -2.28. The highest BCUT2D eigenvalue weighted by molar-refractivity contribution is 5.92. The number of benzene rings is 1. The van der Waals surface area contributed by atoms with Gasteiger partial charge in [0, 0.05) is 44.3 Å². The van der Waals surface area contributed by atoms with Gasteiger partial charge in [-0.3, -0.25) is 14.0 Å². The van der Waals surface area contributed by atoms with Gasteiger partial charge in [-0.15, -0.1) is 0 Å². The molecule has 1 aliphatic rings. The van der Waals surface area contributed by atoms with Crippen molar-refractivity contribution in [2.45, 2.75) is 25.3 Å². The van der Waals surface area contributed by atoms with Gasteiger partial charge in [-0.2, -0.15) is 0 Å². The van der Waals surface area contributed by atoms with Crippen LogP contribution in [0.4, 0.5) is 0 Å². The molecule has 1 aliphatic heterocycles. The van der Waals surface area contributed by atoms with Crippen LogP contribution in [0, 0.1) is 0 Å². The highest BCUT2D eigenvalue weighted by atomic mass is 16.2. The van der Waals surface area contributed by atoms with Gasteiger partial charge < -0.3 is 9.80 Å². The molecule has 0 radical (unpaired) electrons. The maximum absolute atomic E-state index is 13.2. The fourth-order valence-corrected chi connectivity index (χ4v) is 3.73. The topological polar surface area (TPSA) is 70.8 Å². The van der Waals surface area contributed by atoms with E-state index < -0.39 is 0 Å². The predicted octanol–water partition coefficient (Wildman–Crippen LogP) is 2.03. The van der Waals surface area contributed by atoms with Gasteiger partial charge in [0.15, 0.2) is 0 Å². The van der Waals surface area contributed by atoms with Gasteiger partial charge in [-0.05, 0) is 30.9 Å². The maximum atomic E-state index is 13.2. The first-order valence-electron chi connectivity index (χ1n) is 9.58. The van der Waals surface area contributed by atoms with Crippen LogP contribution in [0.3, 0.4) is 0 Å². The molecule has 4 rings (SSSR count). The van der Waals surface area contributed by atoms with E-state index in [0.29, 0.717) is 24.6 Å². The smallest absolute Gasteiger partial charge is 0.274 e. The Morgan fingerprint density at radius 2 is 2.11 bits per heavy atom. The predicted molar refractivity (Wildman–Crippen MR) is 105 cm³/mol. The number of imidazole rings is 1. The average molecular weight is 377 g/mol. The SMILES string of the molecule is O=CN1CCCC1CN(CCc1ccccc1)C(=O)c1cn2cccnc2n1. The van der Waals surface area contributed by atoms with Crippen molar-refractivity contribution in [2.75, 3.05) is 19.6 Å². The Morgan fingerprint density at radius 3 is 2.89 bits per heavy atom. The molecule has 1 unspecified atom stereocenters. The summed E-state index contributed by atoms with van der Waals surface area (Å²) in [5, 5.41) is 0. The molecule has 3 heterocycles. The zero-order valence-corrected chi connectivity index (χ0v) is 15.6. The number of aromatic nitrogens is 3. The second-order valence-corrected chi connectivity index (χ2v) is 7.08. The van der Waals surface area contributed by atoms with E-state index in [-0.39, 0.29) is 11.9 Å². The Kier molecular flexibility index (Phi) is 5.32. The molecule has 7 nitrogen and oxygen atoms in total. The van der Waals surface area contributed by atoms with Crippen molar-refractivity contribution in [1.82, 2.24) is 24.2 Å². The van der Waals surface area contributed by atoms with Gasteiger partial charge in [0.05, 0.1) is 0 Å². The Labute approximate surface area is 163 Å². The third-order valence-electron chi connectivity index (χ3n) is 5.24. The summed E-state index contributed by atoms with van der Waals surface area (Å²) in [7, 11) is 0. The van der Waals surface area contributed by atoms with E-state index in [1.807, 2.05) is 29.3 Å². The fraction of sp³-hybridized carbons (Fsp3) is 0.333. The van der Waals surface area contributed by atoms with Crippen LogP contribution in [-0.4, -0.2) is 62.2 Å². The molecule has 0 saturated carbocycles. The molecule has 1 aromatic carbocycles. The van der Waals surface area contributed by atoms with E-state index in [9.17, 15) is 9.59 Å². The minimum absolute atomic E-state index is 0.0624. The van der Waals surface area contributed by atoms with Crippen molar-refractivity contribution in [1.29, 1.82) is 0 Å². The number of likely N-dealkylation sites (tertiary alicyclic amines) is 1. The van der Waals surface area contributed by atoms with Crippen LogP contribution < -0.4 is 0 Å². The summed E-state index contributed by atoms with van der Waals surface area (Å²) in [5.41, 5.74) is 1.55. The zero-order valence-electron chi connectivity index (χ0n) is 15.6. The highest BCUT2D eigenvalue weighted by Crippen LogP contribution is 2.18. The van der Waals surface area contributed by atoms with Gasteiger partial charge in [0.1, 0.15) is 5.69 Å². The summed E-state index contributed by atoms with van der Waals surface area (Å²) >= 11 is 0. The summed E-state index contributed by atoms with van der Waals surface area (Å²) < 4.78 is 1.75. The van der Waals surface area contributed by atoms with Crippen LogP contribution in [0.1, 0.15) is 28.9 Å². The molecule has 0 N–H and O–H groups in total. The molecule has 1 fully saturated rings. The molecule has 0 bridgehead atoms. The van der Waals surface area contributed by atoms with Crippen LogP contribution in [0.5, 0.6) is 0 Å². The number of carbonyl (C=O) groups excluding carboxylic acids is 2. The third-order valence-corrected chi connectivity index (χ3v) is 5.24. The first-order valence-corrected chi connectivity index (χ1v) is 9.58. The quantitative estimate of drug-likeness (QED) is 0.591. The molecular weight excluding hydrogens is 354 g/mol. The lowest BCUT2D eigenvalue weighted by molar-refractivity contribution is -0.119. The number of nitrogens with zero attached hydrogens (tertiary/aromatic N) is 5. The summed E-state index contributed by atoms with van der Waals surface area (Å²) in [6, 6.07) is 12.0. The molecule has 1 atom stereocenters. The Balaban J connectivity index is 1.55. The van der Waals surface area contributed by atoms with E-state index in [2.05, 4.69) is 22.1 Å². The van der Waals surface area contributed by atoms with Crippen molar-refractivity contribution in [2.24, 2.45) is 0 Å². The molecular formula is C21H23N5O2. The zero-order chi connectivity index (χ0) is 19.3. The van der Waals surface area contributed by atoms with Gasteiger partial charge >= 0.3 is 0 Å². The van der Waals surface area contributed by atoms with Crippen molar-refractivity contribution in [3.63, 3.8) is 0 Å². The van der Waals surface area contributed by atoms with Crippen molar-refractivity contribution in [3.05, 3.63) is 66.2 Å². The number of carbonyl (C=O) groups is 2. The number of fused-ring (bicyclic) bond motifs is 1. The summed E-state index contributed by atoms with van der Waals surface area (Å²) in [4.78, 5) is 36.8. The average Bonchev–Trinajstić information content (AvgIpc) is 3.37. The molecule has 1 saturated heterocycles. The molecule has 0 aliphatic carbocycles. The third kappa shape index (κ3) is 3.88. The Hall–Kier alpha value is -3.22. The summed E-state index contributed by atoms with van der Waals surface area (Å²) in [6.07, 6.45) is 8.74. The molecule has 28 heavy (non-hydrogen) atoms. The Morgan fingerprint density at radius 1 is 1.25 bits per heavy atom. The van der Waals surface area contributed by atoms with E-state index in [1.165, 1.54) is 5.56 Å². The van der Waals surface area contributed by atoms with Crippen molar-refractivity contribution < 1.29 is 9.59 Å². The number of hydrogen-bond donors (Lipinski definition) is 0. The molecule has 7 heteroatoms. The molecule has 2 amide bonds. The molecule has 0 spiro atoms. The second kappa shape index (κ2) is 8.21. The standard InChI is InChI=1S/C21H23N5O2/c27-16-26-11-4-8-18(26)14-24(13-9-17-6-2-1-3-7-17)20(28)19-15-25-12-5-10-22-21(25)23-19/h1-3,5-7,10,12,15-16,18H,4,8-9,11,13-14H2. The van der Waals surface area contributed by atoms with Gasteiger partial charge in [-0.25, -0.2) is 9.97 Å². The minimum Gasteiger partial charge on any atom is -0.340 e. The normalized spacial score (nSPS) is 16.4. The van der Waals surface area contributed by atoms with E-state index in [1.54, 1.807) is 27.8 Å². The van der Waals surface area contributed by atoms with Crippen molar-refractivity contribution in [3.8, 4) is 0 Å². The highest BCUT2D eigenvalue weighted by Gasteiger charge is 2.28. The molecule has 3 aromatic rings. The van der Waals surface area contributed by atoms with E-state index >= 15 is 0 Å².